The minimum atomic E-state index is 0.316. The molecule has 0 radical (unpaired) electrons. The summed E-state index contributed by atoms with van der Waals surface area (Å²) in [6.45, 7) is 0. The van der Waals surface area contributed by atoms with Gasteiger partial charge in [0.25, 0.3) is 0 Å². The van der Waals surface area contributed by atoms with E-state index in [4.69, 9.17) is 0 Å². The molecule has 0 aliphatic carbocycles. The molecular weight excluding hydrogens is 242 g/mol. The van der Waals surface area contributed by atoms with Crippen molar-refractivity contribution in [1.82, 2.24) is 15.1 Å². The van der Waals surface area contributed by atoms with Crippen LogP contribution >= 0.6 is 11.8 Å². The summed E-state index contributed by atoms with van der Waals surface area (Å²) in [5, 5.41) is 7.79. The van der Waals surface area contributed by atoms with Crippen LogP contribution in [0.2, 0.25) is 0 Å². The Labute approximate surface area is 113 Å². The van der Waals surface area contributed by atoms with Gasteiger partial charge in [0.1, 0.15) is 0 Å². The molecule has 1 aromatic heterocycles. The van der Waals surface area contributed by atoms with Crippen LogP contribution in [0.15, 0.2) is 41.4 Å². The number of aryl methyl sites for hydroxylation is 1. The van der Waals surface area contributed by atoms with E-state index in [1.807, 2.05) is 25.0 Å². The summed E-state index contributed by atoms with van der Waals surface area (Å²) >= 11 is 1.77. The van der Waals surface area contributed by atoms with Gasteiger partial charge in [-0.2, -0.15) is 5.10 Å². The first-order valence-electron chi connectivity index (χ1n) is 6.02. The van der Waals surface area contributed by atoms with Crippen LogP contribution in [0.4, 0.5) is 0 Å². The monoisotopic (exact) mass is 261 g/mol. The van der Waals surface area contributed by atoms with E-state index in [0.717, 1.165) is 12.1 Å². The molecule has 2 rings (SSSR count). The third kappa shape index (κ3) is 3.15. The third-order valence-corrected chi connectivity index (χ3v) is 3.79. The lowest BCUT2D eigenvalue weighted by Crippen LogP contribution is -2.19. The summed E-state index contributed by atoms with van der Waals surface area (Å²) in [4.78, 5) is 1.30. The molecule has 1 atom stereocenters. The number of hydrogen-bond donors (Lipinski definition) is 1. The minimum Gasteiger partial charge on any atom is -0.313 e. The third-order valence-electron chi connectivity index (χ3n) is 3.05. The van der Waals surface area contributed by atoms with E-state index < -0.39 is 0 Å². The van der Waals surface area contributed by atoms with E-state index in [1.165, 1.54) is 10.5 Å². The van der Waals surface area contributed by atoms with Crippen molar-refractivity contribution in [3.8, 4) is 0 Å². The smallest absolute Gasteiger partial charge is 0.0643 e. The highest BCUT2D eigenvalue weighted by Crippen LogP contribution is 2.21. The number of rotatable bonds is 5. The van der Waals surface area contributed by atoms with E-state index in [-0.39, 0.29) is 0 Å². The van der Waals surface area contributed by atoms with Crippen molar-refractivity contribution in [2.45, 2.75) is 17.4 Å². The van der Waals surface area contributed by atoms with Crippen LogP contribution in [-0.2, 0) is 13.5 Å². The summed E-state index contributed by atoms with van der Waals surface area (Å²) in [5.41, 5.74) is 2.42. The molecule has 0 aliphatic rings. The van der Waals surface area contributed by atoms with E-state index in [0.29, 0.717) is 6.04 Å². The fourth-order valence-corrected chi connectivity index (χ4v) is 2.41. The molecule has 1 unspecified atom stereocenters. The van der Waals surface area contributed by atoms with Crippen molar-refractivity contribution < 1.29 is 0 Å². The Kier molecular flexibility index (Phi) is 4.44. The van der Waals surface area contributed by atoms with E-state index >= 15 is 0 Å². The molecule has 4 heteroatoms. The van der Waals surface area contributed by atoms with Crippen molar-refractivity contribution >= 4 is 11.8 Å². The van der Waals surface area contributed by atoms with Crippen LogP contribution in [0.5, 0.6) is 0 Å². The number of hydrogen-bond acceptors (Lipinski definition) is 3. The highest BCUT2D eigenvalue weighted by atomic mass is 32.2. The van der Waals surface area contributed by atoms with Gasteiger partial charge >= 0.3 is 0 Å². The van der Waals surface area contributed by atoms with Crippen LogP contribution in [0.25, 0.3) is 0 Å². The number of nitrogens with one attached hydrogen (secondary N) is 1. The molecular formula is C14H19N3S. The summed E-state index contributed by atoms with van der Waals surface area (Å²) in [7, 11) is 3.95. The number of benzene rings is 1. The van der Waals surface area contributed by atoms with Crippen LogP contribution in [0, 0.1) is 0 Å². The zero-order valence-corrected chi connectivity index (χ0v) is 11.9. The summed E-state index contributed by atoms with van der Waals surface area (Å²) < 4.78 is 1.85. The van der Waals surface area contributed by atoms with Crippen LogP contribution in [0.1, 0.15) is 17.3 Å². The van der Waals surface area contributed by atoms with Crippen LogP contribution < -0.4 is 5.32 Å². The highest BCUT2D eigenvalue weighted by Gasteiger charge is 2.11. The number of aromatic nitrogens is 2. The summed E-state index contributed by atoms with van der Waals surface area (Å²) in [5.74, 6) is 0. The fraction of sp³-hybridized carbons (Fsp3) is 0.357. The van der Waals surface area contributed by atoms with E-state index in [2.05, 4.69) is 47.0 Å². The molecule has 0 saturated heterocycles. The maximum atomic E-state index is 4.43. The molecule has 0 fully saturated rings. The van der Waals surface area contributed by atoms with Gasteiger partial charge in [-0.1, -0.05) is 12.1 Å². The molecule has 0 amide bonds. The molecule has 1 heterocycles. The Bertz CT molecular complexity index is 490. The SMILES string of the molecule is CNC(Cc1ccn(C)n1)c1ccc(SC)cc1. The van der Waals surface area contributed by atoms with Gasteiger partial charge in [0.2, 0.25) is 0 Å². The van der Waals surface area contributed by atoms with Crippen molar-refractivity contribution in [2.75, 3.05) is 13.3 Å². The van der Waals surface area contributed by atoms with Gasteiger partial charge < -0.3 is 5.32 Å². The molecule has 3 nitrogen and oxygen atoms in total. The van der Waals surface area contributed by atoms with Gasteiger partial charge in [-0.05, 0) is 37.1 Å². The second-order valence-electron chi connectivity index (χ2n) is 4.30. The fourth-order valence-electron chi connectivity index (χ4n) is 2.00. The molecule has 1 N–H and O–H groups in total. The zero-order chi connectivity index (χ0) is 13.0. The lowest BCUT2D eigenvalue weighted by Gasteiger charge is -2.15. The van der Waals surface area contributed by atoms with Gasteiger partial charge in [0.05, 0.1) is 5.69 Å². The number of thioether (sulfide) groups is 1. The van der Waals surface area contributed by atoms with Gasteiger partial charge in [0, 0.05) is 30.6 Å². The molecule has 2 aromatic rings. The first kappa shape index (κ1) is 13.2. The largest absolute Gasteiger partial charge is 0.313 e. The lowest BCUT2D eigenvalue weighted by molar-refractivity contribution is 0.577. The van der Waals surface area contributed by atoms with Crippen LogP contribution in [0.3, 0.4) is 0 Å². The van der Waals surface area contributed by atoms with Crippen molar-refractivity contribution in [2.24, 2.45) is 7.05 Å². The van der Waals surface area contributed by atoms with Crippen molar-refractivity contribution in [3.63, 3.8) is 0 Å². The average Bonchev–Trinajstić information content (AvgIpc) is 2.82. The Morgan fingerprint density at radius 2 is 2.00 bits per heavy atom. The second kappa shape index (κ2) is 6.07. The number of nitrogens with zero attached hydrogens (tertiary/aromatic N) is 2. The summed E-state index contributed by atoms with van der Waals surface area (Å²) in [6, 6.07) is 11.1. The quantitative estimate of drug-likeness (QED) is 0.839. The topological polar surface area (TPSA) is 29.9 Å². The van der Waals surface area contributed by atoms with E-state index in [1.54, 1.807) is 11.8 Å². The minimum absolute atomic E-state index is 0.316. The van der Waals surface area contributed by atoms with Crippen molar-refractivity contribution in [3.05, 3.63) is 47.8 Å². The predicted octanol–water partition coefficient (Wildman–Crippen LogP) is 2.65. The van der Waals surface area contributed by atoms with Gasteiger partial charge in [0.15, 0.2) is 0 Å². The van der Waals surface area contributed by atoms with Gasteiger partial charge in [-0.15, -0.1) is 11.8 Å². The maximum absolute atomic E-state index is 4.43. The standard InChI is InChI=1S/C14H19N3S/c1-15-14(10-12-8-9-17(2)16-12)11-4-6-13(18-3)7-5-11/h4-9,14-15H,10H2,1-3H3. The van der Waals surface area contributed by atoms with Crippen LogP contribution in [-0.4, -0.2) is 23.1 Å². The van der Waals surface area contributed by atoms with Gasteiger partial charge in [-0.3, -0.25) is 4.68 Å². The normalized spacial score (nSPS) is 12.6. The zero-order valence-electron chi connectivity index (χ0n) is 11.1. The first-order chi connectivity index (χ1) is 8.72. The first-order valence-corrected chi connectivity index (χ1v) is 7.25. The lowest BCUT2D eigenvalue weighted by atomic mass is 10.0. The predicted molar refractivity (Wildman–Crippen MR) is 76.9 cm³/mol. The molecule has 0 bridgehead atoms. The van der Waals surface area contributed by atoms with Crippen molar-refractivity contribution in [1.29, 1.82) is 0 Å². The Hall–Kier alpha value is -1.26. The molecule has 0 spiro atoms. The molecule has 0 aliphatic heterocycles. The average molecular weight is 261 g/mol. The molecule has 96 valence electrons. The Morgan fingerprint density at radius 3 is 2.50 bits per heavy atom. The maximum Gasteiger partial charge on any atom is 0.0643 e. The second-order valence-corrected chi connectivity index (χ2v) is 5.18. The molecule has 0 saturated carbocycles. The van der Waals surface area contributed by atoms with Gasteiger partial charge in [-0.25, -0.2) is 0 Å². The number of likely N-dealkylation sites (N-methyl/N-ethyl adjacent to an activating group) is 1. The molecule has 18 heavy (non-hydrogen) atoms. The summed E-state index contributed by atoms with van der Waals surface area (Å²) in [6.07, 6.45) is 4.99. The Morgan fingerprint density at radius 1 is 1.28 bits per heavy atom. The highest BCUT2D eigenvalue weighted by molar-refractivity contribution is 7.98. The Balaban J connectivity index is 2.12. The van der Waals surface area contributed by atoms with E-state index in [9.17, 15) is 0 Å². The molecule has 1 aromatic carbocycles.